The van der Waals surface area contributed by atoms with Crippen LogP contribution in [0.1, 0.15) is 13.2 Å². The fourth-order valence-corrected chi connectivity index (χ4v) is 2.82. The average Bonchev–Trinajstić information content (AvgIpc) is 2.95. The van der Waals surface area contributed by atoms with Crippen LogP contribution in [0.2, 0.25) is 0 Å². The van der Waals surface area contributed by atoms with Crippen LogP contribution in [0.3, 0.4) is 0 Å². The molecule has 3 heterocycles. The van der Waals surface area contributed by atoms with Crippen molar-refractivity contribution in [3.8, 4) is 12.3 Å². The maximum absolute atomic E-state index is 15.1. The molecule has 1 unspecified atom stereocenters. The minimum atomic E-state index is -2.78. The Labute approximate surface area is 133 Å². The first kappa shape index (κ1) is 16.4. The largest absolute Gasteiger partial charge is 0.391 e. The van der Waals surface area contributed by atoms with E-state index in [0.29, 0.717) is 0 Å². The van der Waals surface area contributed by atoms with Gasteiger partial charge in [-0.05, 0) is 6.92 Å². The highest BCUT2D eigenvalue weighted by Crippen LogP contribution is 2.43. The number of hydrogen-bond acceptors (Lipinski definition) is 6. The van der Waals surface area contributed by atoms with Crippen LogP contribution >= 0.6 is 0 Å². The lowest BCUT2D eigenvalue weighted by atomic mass is 9.95. The molecule has 0 saturated carbocycles. The number of alkyl halides is 1. The van der Waals surface area contributed by atoms with E-state index in [1.165, 1.54) is 6.92 Å². The molecule has 1 saturated heterocycles. The van der Waals surface area contributed by atoms with E-state index in [2.05, 4.69) is 9.97 Å². The van der Waals surface area contributed by atoms with Gasteiger partial charge in [0.15, 0.2) is 17.7 Å². The number of nitrogens with two attached hydrogens (primary N) is 1. The molecule has 1 fully saturated rings. The minimum Gasteiger partial charge on any atom is -0.391 e. The van der Waals surface area contributed by atoms with Gasteiger partial charge >= 0.3 is 0 Å². The SMILES string of the molecule is C#CC1(F)[C@@H](O)[C@@H]([C@@H](C)O)O[C@H]1n1cc(F)c2c(=O)[nH]c(N)nc21. The topological polar surface area (TPSA) is 126 Å². The quantitative estimate of drug-likeness (QED) is 0.542. The van der Waals surface area contributed by atoms with Crippen LogP contribution in [0.5, 0.6) is 0 Å². The molecule has 24 heavy (non-hydrogen) atoms. The predicted molar refractivity (Wildman–Crippen MR) is 79.0 cm³/mol. The Hall–Kier alpha value is -2.48. The van der Waals surface area contributed by atoms with Crippen LogP contribution in [-0.4, -0.2) is 48.7 Å². The Balaban J connectivity index is 2.24. The molecule has 0 spiro atoms. The fourth-order valence-electron chi connectivity index (χ4n) is 2.82. The van der Waals surface area contributed by atoms with E-state index in [4.69, 9.17) is 16.9 Å². The number of terminal acetylenes is 1. The monoisotopic (exact) mass is 340 g/mol. The number of aromatic nitrogens is 3. The van der Waals surface area contributed by atoms with Crippen LogP contribution in [0, 0.1) is 18.2 Å². The molecule has 0 aliphatic carbocycles. The summed E-state index contributed by atoms with van der Waals surface area (Å²) in [6, 6.07) is 0. The van der Waals surface area contributed by atoms with Gasteiger partial charge in [0.25, 0.3) is 5.56 Å². The first-order valence-corrected chi connectivity index (χ1v) is 6.94. The van der Waals surface area contributed by atoms with Gasteiger partial charge in [-0.15, -0.1) is 6.42 Å². The molecule has 0 bridgehead atoms. The van der Waals surface area contributed by atoms with Crippen LogP contribution in [0.4, 0.5) is 14.7 Å². The van der Waals surface area contributed by atoms with Crippen molar-refractivity contribution in [3.05, 3.63) is 22.4 Å². The number of fused-ring (bicyclic) bond motifs is 1. The zero-order chi connectivity index (χ0) is 17.8. The smallest absolute Gasteiger partial charge is 0.264 e. The second-order valence-corrected chi connectivity index (χ2v) is 5.58. The first-order valence-electron chi connectivity index (χ1n) is 6.94. The van der Waals surface area contributed by atoms with Gasteiger partial charge in [-0.2, -0.15) is 4.98 Å². The van der Waals surface area contributed by atoms with E-state index < -0.39 is 47.0 Å². The van der Waals surface area contributed by atoms with Crippen molar-refractivity contribution in [2.24, 2.45) is 0 Å². The maximum Gasteiger partial charge on any atom is 0.264 e. The highest BCUT2D eigenvalue weighted by atomic mass is 19.1. The molecule has 128 valence electrons. The number of rotatable bonds is 2. The van der Waals surface area contributed by atoms with Gasteiger partial charge < -0.3 is 20.7 Å². The van der Waals surface area contributed by atoms with Crippen molar-refractivity contribution in [3.63, 3.8) is 0 Å². The van der Waals surface area contributed by atoms with Crippen LogP contribution in [0.25, 0.3) is 11.0 Å². The number of nitrogen functional groups attached to an aromatic ring is 1. The third-order valence-electron chi connectivity index (χ3n) is 3.99. The second kappa shape index (κ2) is 5.27. The highest BCUT2D eigenvalue weighted by Gasteiger charge is 2.59. The molecule has 2 aromatic rings. The summed E-state index contributed by atoms with van der Waals surface area (Å²) in [5, 5.41) is 19.2. The summed E-state index contributed by atoms with van der Waals surface area (Å²) in [4.78, 5) is 17.7. The summed E-state index contributed by atoms with van der Waals surface area (Å²) in [6.45, 7) is 1.28. The van der Waals surface area contributed by atoms with Crippen molar-refractivity contribution in [2.75, 3.05) is 5.73 Å². The van der Waals surface area contributed by atoms with E-state index >= 15 is 4.39 Å². The summed E-state index contributed by atoms with van der Waals surface area (Å²) in [5.74, 6) is 0.479. The van der Waals surface area contributed by atoms with Gasteiger partial charge in [0.05, 0.1) is 6.10 Å². The van der Waals surface area contributed by atoms with E-state index in [9.17, 15) is 19.4 Å². The molecule has 5 N–H and O–H groups in total. The average molecular weight is 340 g/mol. The lowest BCUT2D eigenvalue weighted by Crippen LogP contribution is -2.43. The number of aliphatic hydroxyl groups is 2. The highest BCUT2D eigenvalue weighted by molar-refractivity contribution is 5.77. The normalized spacial score (nSPS) is 31.2. The number of aromatic amines is 1. The number of ether oxygens (including phenoxy) is 1. The van der Waals surface area contributed by atoms with Gasteiger partial charge in [-0.3, -0.25) is 14.3 Å². The summed E-state index contributed by atoms with van der Waals surface area (Å²) in [5.41, 5.74) is 1.51. The summed E-state index contributed by atoms with van der Waals surface area (Å²) < 4.78 is 35.4. The van der Waals surface area contributed by atoms with Crippen LogP contribution < -0.4 is 11.3 Å². The number of aliphatic hydroxyl groups excluding tert-OH is 2. The van der Waals surface area contributed by atoms with Crippen LogP contribution in [0.15, 0.2) is 11.0 Å². The Morgan fingerprint density at radius 1 is 1.67 bits per heavy atom. The van der Waals surface area contributed by atoms with Crippen molar-refractivity contribution >= 4 is 17.0 Å². The van der Waals surface area contributed by atoms with E-state index in [1.54, 1.807) is 5.92 Å². The zero-order valence-corrected chi connectivity index (χ0v) is 12.4. The van der Waals surface area contributed by atoms with Crippen molar-refractivity contribution in [2.45, 2.75) is 37.1 Å². The van der Waals surface area contributed by atoms with Gasteiger partial charge in [0, 0.05) is 6.20 Å². The Morgan fingerprint density at radius 2 is 2.33 bits per heavy atom. The van der Waals surface area contributed by atoms with Crippen LogP contribution in [-0.2, 0) is 4.74 Å². The molecule has 2 aromatic heterocycles. The predicted octanol–water partition coefficient (Wildman–Crippen LogP) is -0.574. The lowest BCUT2D eigenvalue weighted by molar-refractivity contribution is -0.0776. The molecule has 0 radical (unpaired) electrons. The number of H-pyrrole nitrogens is 1. The molecule has 3 rings (SSSR count). The van der Waals surface area contributed by atoms with Crippen molar-refractivity contribution in [1.82, 2.24) is 14.5 Å². The van der Waals surface area contributed by atoms with E-state index in [1.807, 2.05) is 0 Å². The van der Waals surface area contributed by atoms with E-state index in [0.717, 1.165) is 10.8 Å². The van der Waals surface area contributed by atoms with Crippen molar-refractivity contribution < 1.29 is 23.7 Å². The fraction of sp³-hybridized carbons (Fsp3) is 0.429. The number of anilines is 1. The Bertz CT molecular complexity index is 903. The summed E-state index contributed by atoms with van der Waals surface area (Å²) in [7, 11) is 0. The van der Waals surface area contributed by atoms with Gasteiger partial charge in [-0.1, -0.05) is 5.92 Å². The third kappa shape index (κ3) is 2.10. The molecular formula is C14H14F2N4O4. The number of nitrogens with one attached hydrogen (secondary N) is 1. The molecule has 5 atom stereocenters. The van der Waals surface area contributed by atoms with Gasteiger partial charge in [0.2, 0.25) is 11.6 Å². The lowest BCUT2D eigenvalue weighted by Gasteiger charge is -2.24. The molecule has 0 amide bonds. The first-order chi connectivity index (χ1) is 11.2. The van der Waals surface area contributed by atoms with Crippen molar-refractivity contribution in [1.29, 1.82) is 0 Å². The van der Waals surface area contributed by atoms with Gasteiger partial charge in [0.1, 0.15) is 17.6 Å². The third-order valence-corrected chi connectivity index (χ3v) is 3.99. The minimum absolute atomic E-state index is 0.297. The second-order valence-electron chi connectivity index (χ2n) is 5.58. The Kier molecular flexibility index (Phi) is 3.60. The molecule has 1 aliphatic heterocycles. The molecule has 8 nitrogen and oxygen atoms in total. The van der Waals surface area contributed by atoms with Gasteiger partial charge in [-0.25, -0.2) is 8.78 Å². The molecule has 10 heteroatoms. The molecule has 0 aromatic carbocycles. The summed E-state index contributed by atoms with van der Waals surface area (Å²) in [6.07, 6.45) is -0.208. The van der Waals surface area contributed by atoms with E-state index in [-0.39, 0.29) is 11.6 Å². The standard InChI is InChI=1S/C14H14F2N4O4/c1-3-14(16)9(22)8(5(2)21)24-12(14)20-4-6(15)7-10(20)18-13(17)19-11(7)23/h1,4-5,8-9,12,21-22H,2H3,(H3,17,18,19,23)/t5-,8-,9+,12-,14?/m1/s1. The molecular weight excluding hydrogens is 326 g/mol. The summed E-state index contributed by atoms with van der Waals surface area (Å²) >= 11 is 0. The number of nitrogens with zero attached hydrogens (tertiary/aromatic N) is 2. The maximum atomic E-state index is 15.1. The molecule has 1 aliphatic rings. The number of halogens is 2. The zero-order valence-electron chi connectivity index (χ0n) is 12.4. The number of hydrogen-bond donors (Lipinski definition) is 4. The Morgan fingerprint density at radius 3 is 2.92 bits per heavy atom.